The van der Waals surface area contributed by atoms with Crippen LogP contribution in [0.4, 0.5) is 5.69 Å². The van der Waals surface area contributed by atoms with Gasteiger partial charge in [-0.2, -0.15) is 0 Å². The van der Waals surface area contributed by atoms with Crippen LogP contribution in [0, 0.1) is 0 Å². The van der Waals surface area contributed by atoms with Crippen molar-refractivity contribution in [3.63, 3.8) is 0 Å². The molecule has 4 nitrogen and oxygen atoms in total. The first-order valence-electron chi connectivity index (χ1n) is 8.75. The highest BCUT2D eigenvalue weighted by atomic mass is 35.5. The lowest BCUT2D eigenvalue weighted by atomic mass is 10.1. The van der Waals surface area contributed by atoms with Crippen molar-refractivity contribution in [2.45, 2.75) is 13.0 Å². The van der Waals surface area contributed by atoms with Crippen molar-refractivity contribution in [1.29, 1.82) is 0 Å². The molecule has 2 aliphatic heterocycles. The Morgan fingerprint density at radius 1 is 1.08 bits per heavy atom. The number of anilines is 1. The van der Waals surface area contributed by atoms with E-state index in [1.54, 1.807) is 0 Å². The van der Waals surface area contributed by atoms with Crippen molar-refractivity contribution in [1.82, 2.24) is 9.80 Å². The number of carbonyl (C=O) groups excluding carboxylic acids is 1. The number of halogens is 1. The highest BCUT2D eigenvalue weighted by Gasteiger charge is 2.25. The quantitative estimate of drug-likeness (QED) is 0.824. The van der Waals surface area contributed by atoms with Crippen molar-refractivity contribution < 1.29 is 4.79 Å². The molecule has 0 N–H and O–H groups in total. The third kappa shape index (κ3) is 3.68. The Balaban J connectivity index is 1.31. The lowest BCUT2D eigenvalue weighted by Gasteiger charge is -2.37. The fourth-order valence-corrected chi connectivity index (χ4v) is 4.78. The first kappa shape index (κ1) is 16.9. The predicted molar refractivity (Wildman–Crippen MR) is 104 cm³/mol. The van der Waals surface area contributed by atoms with Gasteiger partial charge in [0.1, 0.15) is 0 Å². The first-order chi connectivity index (χ1) is 12.2. The van der Waals surface area contributed by atoms with E-state index in [0.717, 1.165) is 56.4 Å². The number of hydrogen-bond acceptors (Lipinski definition) is 4. The van der Waals surface area contributed by atoms with Gasteiger partial charge in [0, 0.05) is 44.1 Å². The number of rotatable bonds is 3. The second-order valence-corrected chi connectivity index (χ2v) is 8.06. The molecule has 0 aliphatic carbocycles. The third-order valence-electron chi connectivity index (χ3n) is 5.07. The third-order valence-corrected chi connectivity index (χ3v) is 6.41. The van der Waals surface area contributed by atoms with Crippen LogP contribution in [0.5, 0.6) is 0 Å². The number of piperazine rings is 1. The van der Waals surface area contributed by atoms with Crippen LogP contribution in [0.15, 0.2) is 35.7 Å². The summed E-state index contributed by atoms with van der Waals surface area (Å²) in [5.41, 5.74) is 2.46. The van der Waals surface area contributed by atoms with Crippen LogP contribution in [0.2, 0.25) is 5.02 Å². The van der Waals surface area contributed by atoms with Crippen LogP contribution in [0.25, 0.3) is 0 Å². The second kappa shape index (κ2) is 7.36. The molecule has 1 fully saturated rings. The molecule has 6 heteroatoms. The Hall–Kier alpha value is -1.56. The Kier molecular flexibility index (Phi) is 4.97. The van der Waals surface area contributed by atoms with Gasteiger partial charge in [0.2, 0.25) is 5.91 Å². The monoisotopic (exact) mass is 375 g/mol. The maximum atomic E-state index is 12.7. The van der Waals surface area contributed by atoms with Crippen LogP contribution in [0.1, 0.15) is 10.4 Å². The van der Waals surface area contributed by atoms with Crippen LogP contribution >= 0.6 is 22.9 Å². The zero-order valence-corrected chi connectivity index (χ0v) is 15.7. The smallest absolute Gasteiger partial charge is 0.236 e. The normalized spacial score (nSPS) is 18.3. The number of thiophene rings is 1. The lowest BCUT2D eigenvalue weighted by Crippen LogP contribution is -2.51. The van der Waals surface area contributed by atoms with Gasteiger partial charge in [-0.3, -0.25) is 9.69 Å². The van der Waals surface area contributed by atoms with Gasteiger partial charge in [-0.05, 0) is 35.6 Å². The highest BCUT2D eigenvalue weighted by molar-refractivity contribution is 7.10. The molecular weight excluding hydrogens is 354 g/mol. The van der Waals surface area contributed by atoms with E-state index >= 15 is 0 Å². The second-order valence-electron chi connectivity index (χ2n) is 6.65. The minimum atomic E-state index is 0.248. The molecule has 4 rings (SSSR count). The van der Waals surface area contributed by atoms with Crippen LogP contribution in [-0.4, -0.2) is 55.0 Å². The van der Waals surface area contributed by atoms with Crippen molar-refractivity contribution in [2.24, 2.45) is 0 Å². The van der Waals surface area contributed by atoms with Crippen molar-refractivity contribution >= 4 is 34.5 Å². The zero-order valence-electron chi connectivity index (χ0n) is 14.2. The summed E-state index contributed by atoms with van der Waals surface area (Å²) in [6.45, 7) is 5.63. The van der Waals surface area contributed by atoms with E-state index < -0.39 is 0 Å². The average molecular weight is 376 g/mol. The molecule has 1 aromatic carbocycles. The molecule has 0 atom stereocenters. The molecular formula is C19H22ClN3OS. The van der Waals surface area contributed by atoms with Gasteiger partial charge in [-0.15, -0.1) is 11.3 Å². The van der Waals surface area contributed by atoms with Crippen LogP contribution in [-0.2, 0) is 17.8 Å². The largest absolute Gasteiger partial charge is 0.367 e. The summed E-state index contributed by atoms with van der Waals surface area (Å²) in [7, 11) is 0. The fraction of sp³-hybridized carbons (Fsp3) is 0.421. The van der Waals surface area contributed by atoms with E-state index in [4.69, 9.17) is 11.6 Å². The molecule has 1 saturated heterocycles. The molecule has 2 aromatic rings. The summed E-state index contributed by atoms with van der Waals surface area (Å²) >= 11 is 8.12. The minimum absolute atomic E-state index is 0.248. The molecule has 2 aliphatic rings. The fourth-order valence-electron chi connectivity index (χ4n) is 3.64. The topological polar surface area (TPSA) is 26.8 Å². The number of amides is 1. The Bertz CT molecular complexity index is 755. The standard InChI is InChI=1S/C19H22ClN3OS/c20-16-3-1-2-4-17(16)22-8-10-23(11-9-22)19(24)14-21-7-5-18-15(13-21)6-12-25-18/h1-4,6,12H,5,7-11,13-14H2. The van der Waals surface area contributed by atoms with E-state index in [-0.39, 0.29) is 5.91 Å². The van der Waals surface area contributed by atoms with Crippen molar-refractivity contribution in [3.8, 4) is 0 Å². The van der Waals surface area contributed by atoms with Crippen molar-refractivity contribution in [3.05, 3.63) is 51.2 Å². The van der Waals surface area contributed by atoms with E-state index in [1.807, 2.05) is 40.5 Å². The molecule has 0 spiro atoms. The molecule has 3 heterocycles. The summed E-state index contributed by atoms with van der Waals surface area (Å²) in [6.07, 6.45) is 1.07. The maximum absolute atomic E-state index is 12.7. The molecule has 0 unspecified atom stereocenters. The molecule has 132 valence electrons. The number of benzene rings is 1. The number of fused-ring (bicyclic) bond motifs is 1. The molecule has 25 heavy (non-hydrogen) atoms. The SMILES string of the molecule is O=C(CN1CCc2sccc2C1)N1CCN(c2ccccc2Cl)CC1. The first-order valence-corrected chi connectivity index (χ1v) is 10.0. The molecule has 1 aromatic heterocycles. The number of nitrogens with zero attached hydrogens (tertiary/aromatic N) is 3. The van der Waals surface area contributed by atoms with E-state index in [9.17, 15) is 4.79 Å². The zero-order chi connectivity index (χ0) is 17.2. The summed E-state index contributed by atoms with van der Waals surface area (Å²) in [5.74, 6) is 0.248. The lowest BCUT2D eigenvalue weighted by molar-refractivity contribution is -0.132. The Morgan fingerprint density at radius 3 is 2.68 bits per heavy atom. The van der Waals surface area contributed by atoms with Gasteiger partial charge in [0.15, 0.2) is 0 Å². The number of hydrogen-bond donors (Lipinski definition) is 0. The summed E-state index contributed by atoms with van der Waals surface area (Å²) in [6, 6.07) is 10.1. The van der Waals surface area contributed by atoms with E-state index in [0.29, 0.717) is 6.54 Å². The number of carbonyl (C=O) groups is 1. The van der Waals surface area contributed by atoms with Crippen LogP contribution < -0.4 is 4.90 Å². The minimum Gasteiger partial charge on any atom is -0.367 e. The maximum Gasteiger partial charge on any atom is 0.236 e. The van der Waals surface area contributed by atoms with Gasteiger partial charge in [0.05, 0.1) is 17.3 Å². The summed E-state index contributed by atoms with van der Waals surface area (Å²) in [4.78, 5) is 20.7. The summed E-state index contributed by atoms with van der Waals surface area (Å²) < 4.78 is 0. The van der Waals surface area contributed by atoms with E-state index in [1.165, 1.54) is 10.4 Å². The van der Waals surface area contributed by atoms with Crippen LogP contribution in [0.3, 0.4) is 0 Å². The average Bonchev–Trinajstić information content (AvgIpc) is 3.10. The van der Waals surface area contributed by atoms with Gasteiger partial charge in [-0.25, -0.2) is 0 Å². The van der Waals surface area contributed by atoms with Gasteiger partial charge in [-0.1, -0.05) is 23.7 Å². The summed E-state index contributed by atoms with van der Waals surface area (Å²) in [5, 5.41) is 2.94. The van der Waals surface area contributed by atoms with E-state index in [2.05, 4.69) is 21.2 Å². The molecule has 0 radical (unpaired) electrons. The van der Waals surface area contributed by atoms with Gasteiger partial charge in [0.25, 0.3) is 0 Å². The van der Waals surface area contributed by atoms with Crippen molar-refractivity contribution in [2.75, 3.05) is 44.2 Å². The molecule has 0 bridgehead atoms. The Labute approximate surface area is 157 Å². The van der Waals surface area contributed by atoms with Gasteiger partial charge < -0.3 is 9.80 Å². The van der Waals surface area contributed by atoms with Gasteiger partial charge >= 0.3 is 0 Å². The predicted octanol–water partition coefficient (Wildman–Crippen LogP) is 3.11. The number of para-hydroxylation sites is 1. The highest BCUT2D eigenvalue weighted by Crippen LogP contribution is 2.26. The Morgan fingerprint density at radius 2 is 1.88 bits per heavy atom. The molecule has 1 amide bonds. The molecule has 0 saturated carbocycles.